The Kier molecular flexibility index (Phi) is 42.7. The number of aliphatic hydroxyl groups is 2. The first-order chi connectivity index (χ1) is 28.0. The first-order valence-corrected chi connectivity index (χ1v) is 24.1. The summed E-state index contributed by atoms with van der Waals surface area (Å²) in [5.74, 6) is -0.530. The van der Waals surface area contributed by atoms with Crippen molar-refractivity contribution in [3.8, 4) is 0 Å². The molecule has 0 aliphatic heterocycles. The van der Waals surface area contributed by atoms with Gasteiger partial charge in [0.15, 0.2) is 0 Å². The number of ether oxygens (including phenoxy) is 1. The standard InChI is InChI=1S/C51H91NO5/c1-4-7-10-13-16-19-21-22-23-24-25-26-27-29-32-35-38-41-44-51(56)57-47(42-39-36-33-31-28-20-17-14-11-8-5-2)45-50(55)52-48(46-53)49(54)43-40-37-34-30-18-15-12-9-6-3/h8,11,14,17,20,23-26,28,47-49,53-54H,4-7,9-10,12-13,15-16,18-19,21-22,27,29-46H2,1-3H3,(H,52,55)/b11-8+,17-14+,24-23+,26-25+,28-20-. The van der Waals surface area contributed by atoms with Gasteiger partial charge in [-0.1, -0.05) is 204 Å². The molecule has 6 heteroatoms. The van der Waals surface area contributed by atoms with Crippen LogP contribution in [0.2, 0.25) is 0 Å². The van der Waals surface area contributed by atoms with E-state index in [-0.39, 0.29) is 24.9 Å². The maximum atomic E-state index is 13.1. The molecule has 0 saturated heterocycles. The van der Waals surface area contributed by atoms with E-state index < -0.39 is 18.2 Å². The highest BCUT2D eigenvalue weighted by molar-refractivity contribution is 5.77. The topological polar surface area (TPSA) is 95.9 Å². The molecule has 1 amide bonds. The van der Waals surface area contributed by atoms with Gasteiger partial charge in [0.1, 0.15) is 6.10 Å². The lowest BCUT2D eigenvalue weighted by Gasteiger charge is -2.24. The van der Waals surface area contributed by atoms with Gasteiger partial charge in [-0.2, -0.15) is 0 Å². The monoisotopic (exact) mass is 798 g/mol. The van der Waals surface area contributed by atoms with E-state index in [2.05, 4.69) is 74.7 Å². The van der Waals surface area contributed by atoms with E-state index in [0.29, 0.717) is 19.3 Å². The summed E-state index contributed by atoms with van der Waals surface area (Å²) in [5, 5.41) is 23.6. The van der Waals surface area contributed by atoms with Crippen molar-refractivity contribution in [1.29, 1.82) is 0 Å². The third-order valence-corrected chi connectivity index (χ3v) is 10.7. The molecular weight excluding hydrogens is 707 g/mol. The maximum absolute atomic E-state index is 13.1. The van der Waals surface area contributed by atoms with Crippen molar-refractivity contribution in [2.24, 2.45) is 0 Å². The smallest absolute Gasteiger partial charge is 0.306 e. The van der Waals surface area contributed by atoms with E-state index in [1.807, 2.05) is 12.2 Å². The molecule has 3 atom stereocenters. The summed E-state index contributed by atoms with van der Waals surface area (Å²) in [7, 11) is 0. The number of rotatable bonds is 42. The van der Waals surface area contributed by atoms with E-state index in [9.17, 15) is 19.8 Å². The summed E-state index contributed by atoms with van der Waals surface area (Å²) >= 11 is 0. The Hall–Kier alpha value is -2.44. The normalized spacial score (nSPS) is 13.8. The zero-order valence-corrected chi connectivity index (χ0v) is 37.5. The Morgan fingerprint density at radius 1 is 0.526 bits per heavy atom. The van der Waals surface area contributed by atoms with Crippen LogP contribution in [0.4, 0.5) is 0 Å². The SMILES string of the molecule is CC/C=C/C=C/C=C\CCCCCC(CC(=O)NC(CO)C(O)CCCCCCCCCCC)OC(=O)CCCCCCC/C=C/C=C/CCCCCCCCC. The number of nitrogens with one attached hydrogen (secondary N) is 1. The second-order valence-corrected chi connectivity index (χ2v) is 16.2. The van der Waals surface area contributed by atoms with E-state index in [1.54, 1.807) is 0 Å². The number of hydrogen-bond acceptors (Lipinski definition) is 5. The predicted octanol–water partition coefficient (Wildman–Crippen LogP) is 14.1. The quantitative estimate of drug-likeness (QED) is 0.0325. The molecule has 3 unspecified atom stereocenters. The number of unbranched alkanes of at least 4 members (excludes halogenated alkanes) is 23. The molecule has 0 aromatic heterocycles. The van der Waals surface area contributed by atoms with Crippen molar-refractivity contribution in [2.45, 2.75) is 244 Å². The number of allylic oxidation sites excluding steroid dienone is 10. The van der Waals surface area contributed by atoms with Crippen molar-refractivity contribution in [3.05, 3.63) is 60.8 Å². The van der Waals surface area contributed by atoms with E-state index in [1.165, 1.54) is 89.9 Å². The lowest BCUT2D eigenvalue weighted by atomic mass is 10.0. The number of amides is 1. The minimum atomic E-state index is -0.799. The van der Waals surface area contributed by atoms with E-state index in [0.717, 1.165) is 89.9 Å². The molecule has 0 fully saturated rings. The van der Waals surface area contributed by atoms with Gasteiger partial charge >= 0.3 is 5.97 Å². The van der Waals surface area contributed by atoms with Crippen LogP contribution >= 0.6 is 0 Å². The predicted molar refractivity (Wildman–Crippen MR) is 245 cm³/mol. The van der Waals surface area contributed by atoms with Crippen LogP contribution in [0.5, 0.6) is 0 Å². The molecule has 0 rings (SSSR count). The van der Waals surface area contributed by atoms with Crippen LogP contribution < -0.4 is 5.32 Å². The van der Waals surface area contributed by atoms with Gasteiger partial charge in [-0.15, -0.1) is 0 Å². The van der Waals surface area contributed by atoms with Gasteiger partial charge in [0, 0.05) is 6.42 Å². The van der Waals surface area contributed by atoms with Crippen LogP contribution in [-0.4, -0.2) is 46.9 Å². The zero-order chi connectivity index (χ0) is 41.7. The molecule has 330 valence electrons. The Balaban J connectivity index is 4.59. The van der Waals surface area contributed by atoms with Crippen LogP contribution in [-0.2, 0) is 14.3 Å². The lowest BCUT2D eigenvalue weighted by Crippen LogP contribution is -2.46. The molecular formula is C51H91NO5. The van der Waals surface area contributed by atoms with Crippen molar-refractivity contribution in [1.82, 2.24) is 5.32 Å². The molecule has 0 radical (unpaired) electrons. The molecule has 0 aromatic rings. The van der Waals surface area contributed by atoms with Crippen LogP contribution in [0.3, 0.4) is 0 Å². The fourth-order valence-corrected chi connectivity index (χ4v) is 7.01. The average Bonchev–Trinajstić information content (AvgIpc) is 3.20. The summed E-state index contributed by atoms with van der Waals surface area (Å²) in [5.41, 5.74) is 0. The highest BCUT2D eigenvalue weighted by Gasteiger charge is 2.24. The zero-order valence-electron chi connectivity index (χ0n) is 37.5. The first kappa shape index (κ1) is 54.6. The summed E-state index contributed by atoms with van der Waals surface area (Å²) < 4.78 is 5.89. The Bertz CT molecular complexity index is 1030. The number of esters is 1. The van der Waals surface area contributed by atoms with Crippen LogP contribution in [0, 0.1) is 0 Å². The third kappa shape index (κ3) is 40.1. The molecule has 0 heterocycles. The van der Waals surface area contributed by atoms with Gasteiger partial charge < -0.3 is 20.3 Å². The van der Waals surface area contributed by atoms with Gasteiger partial charge in [0.25, 0.3) is 0 Å². The van der Waals surface area contributed by atoms with E-state index in [4.69, 9.17) is 4.74 Å². The Morgan fingerprint density at radius 3 is 1.46 bits per heavy atom. The van der Waals surface area contributed by atoms with Crippen molar-refractivity contribution in [3.63, 3.8) is 0 Å². The summed E-state index contributed by atoms with van der Waals surface area (Å²) in [6.07, 6.45) is 54.3. The second kappa shape index (κ2) is 44.7. The highest BCUT2D eigenvalue weighted by Crippen LogP contribution is 2.17. The molecule has 6 nitrogen and oxygen atoms in total. The van der Waals surface area contributed by atoms with Crippen LogP contribution in [0.1, 0.15) is 226 Å². The van der Waals surface area contributed by atoms with Gasteiger partial charge in [-0.3, -0.25) is 9.59 Å². The lowest BCUT2D eigenvalue weighted by molar-refractivity contribution is -0.151. The molecule has 0 aliphatic carbocycles. The first-order valence-electron chi connectivity index (χ1n) is 24.1. The average molecular weight is 798 g/mol. The van der Waals surface area contributed by atoms with Gasteiger partial charge in [-0.25, -0.2) is 0 Å². The highest BCUT2D eigenvalue weighted by atomic mass is 16.5. The van der Waals surface area contributed by atoms with Crippen LogP contribution in [0.25, 0.3) is 0 Å². The van der Waals surface area contributed by atoms with Crippen LogP contribution in [0.15, 0.2) is 60.8 Å². The van der Waals surface area contributed by atoms with Gasteiger partial charge in [0.05, 0.1) is 25.2 Å². The van der Waals surface area contributed by atoms with Gasteiger partial charge in [0.2, 0.25) is 5.91 Å². The second-order valence-electron chi connectivity index (χ2n) is 16.2. The number of hydrogen-bond donors (Lipinski definition) is 3. The number of aliphatic hydroxyl groups excluding tert-OH is 2. The summed E-state index contributed by atoms with van der Waals surface area (Å²) in [4.78, 5) is 26.0. The molecule has 0 saturated carbocycles. The van der Waals surface area contributed by atoms with Crippen molar-refractivity contribution >= 4 is 11.9 Å². The molecule has 0 aliphatic rings. The fourth-order valence-electron chi connectivity index (χ4n) is 7.01. The molecule has 3 N–H and O–H groups in total. The van der Waals surface area contributed by atoms with Crippen molar-refractivity contribution in [2.75, 3.05) is 6.61 Å². The largest absolute Gasteiger partial charge is 0.462 e. The molecule has 0 bridgehead atoms. The Morgan fingerprint density at radius 2 is 0.947 bits per heavy atom. The summed E-state index contributed by atoms with van der Waals surface area (Å²) in [6.45, 7) is 6.30. The minimum Gasteiger partial charge on any atom is -0.462 e. The van der Waals surface area contributed by atoms with E-state index >= 15 is 0 Å². The minimum absolute atomic E-state index is 0.0464. The Labute approximate surface area is 352 Å². The molecule has 57 heavy (non-hydrogen) atoms. The maximum Gasteiger partial charge on any atom is 0.306 e. The summed E-state index contributed by atoms with van der Waals surface area (Å²) in [6, 6.07) is -0.715. The number of carbonyl (C=O) groups is 2. The molecule has 0 aromatic carbocycles. The fraction of sp³-hybridized carbons (Fsp3) is 0.765. The number of carbonyl (C=O) groups excluding carboxylic acids is 2. The third-order valence-electron chi connectivity index (χ3n) is 10.7. The molecule has 0 spiro atoms. The van der Waals surface area contributed by atoms with Crippen molar-refractivity contribution < 1.29 is 24.5 Å². The van der Waals surface area contributed by atoms with Gasteiger partial charge in [-0.05, 0) is 70.6 Å².